The predicted octanol–water partition coefficient (Wildman–Crippen LogP) is 4.23. The first-order valence-corrected chi connectivity index (χ1v) is 11.9. The molecule has 3 aromatic carbocycles. The Labute approximate surface area is 207 Å². The van der Waals surface area contributed by atoms with Crippen LogP contribution < -0.4 is 9.46 Å². The third-order valence-electron chi connectivity index (χ3n) is 5.38. The van der Waals surface area contributed by atoms with E-state index in [1.54, 1.807) is 12.1 Å². The van der Waals surface area contributed by atoms with Crippen molar-refractivity contribution in [1.82, 2.24) is 4.90 Å². The number of nitro benzene ring substituents is 1. The summed E-state index contributed by atoms with van der Waals surface area (Å²) in [7, 11) is -5.56. The molecular weight excluding hydrogens is 519 g/mol. The average molecular weight is 535 g/mol. The number of alkyl halides is 3. The number of carbonyl (C=O) groups excluding carboxylic acids is 2. The Balaban J connectivity index is 1.46. The van der Waals surface area contributed by atoms with Crippen molar-refractivity contribution in [3.05, 3.63) is 99.1 Å². The van der Waals surface area contributed by atoms with E-state index < -0.39 is 32.3 Å². The largest absolute Gasteiger partial charge is 0.516 e. The van der Waals surface area contributed by atoms with Crippen molar-refractivity contribution in [2.45, 2.75) is 18.6 Å². The smallest absolute Gasteiger partial charge is 0.422 e. The zero-order valence-corrected chi connectivity index (χ0v) is 19.4. The highest BCUT2D eigenvalue weighted by atomic mass is 32.2. The fourth-order valence-corrected chi connectivity index (χ4v) is 4.15. The van der Waals surface area contributed by atoms with E-state index >= 15 is 0 Å². The first kappa shape index (κ1) is 25.6. The SMILES string of the molecule is O=C(Oc1cccc2c1C(=O)N(Cc1ccc(NS(=O)(=O)C(F)(F)F)cc1)C2)c1ccc([N+](=O)[O-])cc1. The number of hydrogen-bond donors (Lipinski definition) is 1. The molecule has 0 aromatic heterocycles. The Morgan fingerprint density at radius 1 is 1.05 bits per heavy atom. The minimum Gasteiger partial charge on any atom is -0.422 e. The Morgan fingerprint density at radius 2 is 1.70 bits per heavy atom. The normalized spacial score (nSPS) is 13.3. The molecule has 14 heteroatoms. The van der Waals surface area contributed by atoms with E-state index in [4.69, 9.17) is 4.74 Å². The number of rotatable bonds is 7. The molecule has 0 saturated carbocycles. The van der Waals surface area contributed by atoms with E-state index in [2.05, 4.69) is 0 Å². The molecule has 10 nitrogen and oxygen atoms in total. The Hall–Kier alpha value is -4.46. The lowest BCUT2D eigenvalue weighted by Gasteiger charge is -2.16. The molecule has 0 bridgehead atoms. The van der Waals surface area contributed by atoms with E-state index in [-0.39, 0.29) is 41.3 Å². The first-order chi connectivity index (χ1) is 17.4. The number of ether oxygens (including phenoxy) is 1. The number of esters is 1. The highest BCUT2D eigenvalue weighted by Gasteiger charge is 2.46. The van der Waals surface area contributed by atoms with E-state index in [9.17, 15) is 41.3 Å². The molecule has 0 radical (unpaired) electrons. The maximum atomic E-state index is 13.1. The minimum atomic E-state index is -5.56. The Kier molecular flexibility index (Phi) is 6.61. The quantitative estimate of drug-likeness (QED) is 0.207. The molecule has 1 aliphatic rings. The van der Waals surface area contributed by atoms with Crippen LogP contribution in [0, 0.1) is 10.1 Å². The zero-order chi connectivity index (χ0) is 27.0. The lowest BCUT2D eigenvalue weighted by Crippen LogP contribution is -2.29. The van der Waals surface area contributed by atoms with Crippen molar-refractivity contribution in [3.8, 4) is 5.75 Å². The van der Waals surface area contributed by atoms with E-state index in [0.717, 1.165) is 24.3 Å². The van der Waals surface area contributed by atoms with Gasteiger partial charge in [-0.15, -0.1) is 0 Å². The second kappa shape index (κ2) is 9.54. The molecule has 4 rings (SSSR count). The standard InChI is InChI=1S/C23H16F3N3O7S/c24-23(25,26)37(34,35)27-17-8-4-14(5-9-17)12-28-13-16-2-1-3-19(20(16)21(28)30)36-22(31)15-6-10-18(11-7-15)29(32)33/h1-11,27H,12-13H2. The topological polar surface area (TPSA) is 136 Å². The summed E-state index contributed by atoms with van der Waals surface area (Å²) >= 11 is 0. The van der Waals surface area contributed by atoms with Crippen molar-refractivity contribution >= 4 is 33.3 Å². The predicted molar refractivity (Wildman–Crippen MR) is 123 cm³/mol. The van der Waals surface area contributed by atoms with Gasteiger partial charge in [-0.3, -0.25) is 19.6 Å². The van der Waals surface area contributed by atoms with Gasteiger partial charge in [-0.2, -0.15) is 21.6 Å². The molecule has 192 valence electrons. The Morgan fingerprint density at radius 3 is 2.30 bits per heavy atom. The molecular formula is C23H16F3N3O7S. The fraction of sp³-hybridized carbons (Fsp3) is 0.130. The summed E-state index contributed by atoms with van der Waals surface area (Å²) in [4.78, 5) is 37.2. The van der Waals surface area contributed by atoms with Gasteiger partial charge in [-0.25, -0.2) is 4.79 Å². The van der Waals surface area contributed by atoms with Gasteiger partial charge in [-0.1, -0.05) is 24.3 Å². The molecule has 1 heterocycles. The number of carbonyl (C=O) groups is 2. The van der Waals surface area contributed by atoms with Crippen LogP contribution in [-0.4, -0.2) is 35.6 Å². The molecule has 0 unspecified atom stereocenters. The summed E-state index contributed by atoms with van der Waals surface area (Å²) in [6.07, 6.45) is 0. The van der Waals surface area contributed by atoms with Crippen LogP contribution in [0.15, 0.2) is 66.7 Å². The maximum absolute atomic E-state index is 13.1. The molecule has 0 atom stereocenters. The van der Waals surface area contributed by atoms with Gasteiger partial charge in [0.15, 0.2) is 0 Å². The number of nitrogens with zero attached hydrogens (tertiary/aromatic N) is 2. The monoisotopic (exact) mass is 535 g/mol. The average Bonchev–Trinajstić information content (AvgIpc) is 3.15. The van der Waals surface area contributed by atoms with Crippen LogP contribution in [-0.2, 0) is 23.1 Å². The van der Waals surface area contributed by atoms with Crippen LogP contribution in [0.1, 0.15) is 31.8 Å². The summed E-state index contributed by atoms with van der Waals surface area (Å²) in [6.45, 7) is 0.217. The summed E-state index contributed by atoms with van der Waals surface area (Å²) in [5.41, 5.74) is -4.65. The van der Waals surface area contributed by atoms with Crippen molar-refractivity contribution in [3.63, 3.8) is 0 Å². The Bertz CT molecular complexity index is 1490. The number of hydrogen-bond acceptors (Lipinski definition) is 7. The molecule has 1 aliphatic heterocycles. The van der Waals surface area contributed by atoms with Crippen molar-refractivity contribution in [2.24, 2.45) is 0 Å². The summed E-state index contributed by atoms with van der Waals surface area (Å²) in [6, 6.07) is 14.5. The fourth-order valence-electron chi connectivity index (χ4n) is 3.59. The van der Waals surface area contributed by atoms with Crippen molar-refractivity contribution in [1.29, 1.82) is 0 Å². The van der Waals surface area contributed by atoms with Crippen molar-refractivity contribution in [2.75, 3.05) is 4.72 Å². The van der Waals surface area contributed by atoms with Crippen molar-refractivity contribution < 1.29 is 40.8 Å². The molecule has 0 aliphatic carbocycles. The number of sulfonamides is 1. The lowest BCUT2D eigenvalue weighted by molar-refractivity contribution is -0.384. The minimum absolute atomic E-state index is 0.00487. The number of nitro groups is 1. The number of benzene rings is 3. The summed E-state index contributed by atoms with van der Waals surface area (Å²) in [5.74, 6) is -1.26. The van der Waals surface area contributed by atoms with Gasteiger partial charge < -0.3 is 9.64 Å². The van der Waals surface area contributed by atoms with E-state index in [1.807, 2.05) is 0 Å². The van der Waals surface area contributed by atoms with Crippen LogP contribution in [0.4, 0.5) is 24.5 Å². The van der Waals surface area contributed by atoms with Gasteiger partial charge in [-0.05, 0) is 41.5 Å². The molecule has 37 heavy (non-hydrogen) atoms. The summed E-state index contributed by atoms with van der Waals surface area (Å²) in [5, 5.41) is 10.8. The van der Waals surface area contributed by atoms with E-state index in [1.165, 1.54) is 40.0 Å². The highest BCUT2D eigenvalue weighted by Crippen LogP contribution is 2.33. The molecule has 1 N–H and O–H groups in total. The van der Waals surface area contributed by atoms with Gasteiger partial charge >= 0.3 is 21.5 Å². The zero-order valence-electron chi connectivity index (χ0n) is 18.6. The molecule has 3 aromatic rings. The molecule has 0 saturated heterocycles. The van der Waals surface area contributed by atoms with Crippen LogP contribution in [0.25, 0.3) is 0 Å². The second-order valence-electron chi connectivity index (χ2n) is 7.89. The lowest BCUT2D eigenvalue weighted by atomic mass is 10.1. The first-order valence-electron chi connectivity index (χ1n) is 10.4. The number of halogens is 3. The van der Waals surface area contributed by atoms with Gasteiger partial charge in [0.25, 0.3) is 11.6 Å². The van der Waals surface area contributed by atoms with Crippen LogP contribution >= 0.6 is 0 Å². The van der Waals surface area contributed by atoms with Crippen LogP contribution in [0.5, 0.6) is 5.75 Å². The highest BCUT2D eigenvalue weighted by molar-refractivity contribution is 7.93. The number of fused-ring (bicyclic) bond motifs is 1. The third-order valence-corrected chi connectivity index (χ3v) is 6.49. The maximum Gasteiger partial charge on any atom is 0.516 e. The molecule has 1 amide bonds. The number of anilines is 1. The molecule has 0 fully saturated rings. The second-order valence-corrected chi connectivity index (χ2v) is 9.57. The van der Waals surface area contributed by atoms with Gasteiger partial charge in [0.05, 0.1) is 16.1 Å². The van der Waals surface area contributed by atoms with Gasteiger partial charge in [0, 0.05) is 30.9 Å². The summed E-state index contributed by atoms with van der Waals surface area (Å²) < 4.78 is 66.9. The van der Waals surface area contributed by atoms with Gasteiger partial charge in [0.2, 0.25) is 0 Å². The molecule has 0 spiro atoms. The number of nitrogens with one attached hydrogen (secondary N) is 1. The van der Waals surface area contributed by atoms with Crippen LogP contribution in [0.2, 0.25) is 0 Å². The van der Waals surface area contributed by atoms with Crippen LogP contribution in [0.3, 0.4) is 0 Å². The number of non-ortho nitro benzene ring substituents is 1. The van der Waals surface area contributed by atoms with E-state index in [0.29, 0.717) is 11.1 Å². The number of amides is 1. The third kappa shape index (κ3) is 5.38. The van der Waals surface area contributed by atoms with Gasteiger partial charge in [0.1, 0.15) is 5.75 Å².